The summed E-state index contributed by atoms with van der Waals surface area (Å²) in [5.41, 5.74) is -0.212. The second-order valence-corrected chi connectivity index (χ2v) is 7.10. The Labute approximate surface area is 159 Å². The lowest BCUT2D eigenvalue weighted by atomic mass is 10.1. The fourth-order valence-electron chi connectivity index (χ4n) is 2.39. The third-order valence-corrected chi connectivity index (χ3v) is 3.66. The highest BCUT2D eigenvalue weighted by molar-refractivity contribution is 6.01. The van der Waals surface area contributed by atoms with Crippen LogP contribution in [0.5, 0.6) is 0 Å². The zero-order valence-corrected chi connectivity index (χ0v) is 17.3. The van der Waals surface area contributed by atoms with Crippen LogP contribution < -0.4 is 16.0 Å². The van der Waals surface area contributed by atoms with Gasteiger partial charge in [0.1, 0.15) is 5.66 Å². The number of hydrogen-bond donors (Lipinski definition) is 4. The summed E-state index contributed by atoms with van der Waals surface area (Å²) >= 11 is 0. The molecule has 1 fully saturated rings. The van der Waals surface area contributed by atoms with Crippen LogP contribution in [0.15, 0.2) is 9.98 Å². The highest BCUT2D eigenvalue weighted by Gasteiger charge is 2.26. The molecule has 152 valence electrons. The summed E-state index contributed by atoms with van der Waals surface area (Å²) in [5, 5.41) is 17.4. The number of unbranched alkanes of at least 4 members (excludes halogenated alkanes) is 6. The predicted molar refractivity (Wildman–Crippen MR) is 110 cm³/mol. The van der Waals surface area contributed by atoms with E-state index in [1.54, 1.807) is 0 Å². The maximum absolute atomic E-state index is 9.00. The normalized spacial score (nSPS) is 18.3. The first kappa shape index (κ1) is 24.2. The van der Waals surface area contributed by atoms with E-state index in [0.717, 1.165) is 51.2 Å². The number of rotatable bonds is 10. The van der Waals surface area contributed by atoms with Crippen LogP contribution in [0.3, 0.4) is 0 Å². The summed E-state index contributed by atoms with van der Waals surface area (Å²) in [4.78, 5) is 18.2. The first-order valence-corrected chi connectivity index (χ1v) is 9.92. The summed E-state index contributed by atoms with van der Waals surface area (Å²) in [7, 11) is 0. The van der Waals surface area contributed by atoms with Gasteiger partial charge in [-0.3, -0.25) is 20.1 Å². The van der Waals surface area contributed by atoms with E-state index in [4.69, 9.17) is 9.90 Å². The molecule has 0 atom stereocenters. The number of carbonyl (C=O) groups is 1. The van der Waals surface area contributed by atoms with E-state index in [2.05, 4.69) is 53.6 Å². The maximum Gasteiger partial charge on any atom is 0.300 e. The summed E-state index contributed by atoms with van der Waals surface area (Å²) in [6.07, 6.45) is 10.1. The van der Waals surface area contributed by atoms with Crippen LogP contribution >= 0.6 is 0 Å². The lowest BCUT2D eigenvalue weighted by Crippen LogP contribution is -2.68. The first-order chi connectivity index (χ1) is 12.3. The van der Waals surface area contributed by atoms with Crippen LogP contribution in [0.2, 0.25) is 0 Å². The molecule has 0 spiro atoms. The van der Waals surface area contributed by atoms with Crippen LogP contribution in [-0.2, 0) is 4.79 Å². The van der Waals surface area contributed by atoms with E-state index in [1.165, 1.54) is 32.1 Å². The van der Waals surface area contributed by atoms with Crippen molar-refractivity contribution in [3.05, 3.63) is 0 Å². The number of carboxylic acid groups (broad SMARTS) is 1. The number of nitrogens with zero attached hydrogens (tertiary/aromatic N) is 2. The molecule has 1 aliphatic heterocycles. The molecule has 7 heteroatoms. The molecule has 0 unspecified atom stereocenters. The van der Waals surface area contributed by atoms with Crippen molar-refractivity contribution in [1.29, 1.82) is 0 Å². The van der Waals surface area contributed by atoms with Gasteiger partial charge in [0, 0.05) is 20.0 Å². The van der Waals surface area contributed by atoms with Gasteiger partial charge in [-0.1, -0.05) is 52.4 Å². The van der Waals surface area contributed by atoms with Gasteiger partial charge in [-0.05, 0) is 26.7 Å². The Kier molecular flexibility index (Phi) is 13.4. The van der Waals surface area contributed by atoms with E-state index >= 15 is 0 Å². The zero-order valence-electron chi connectivity index (χ0n) is 17.3. The first-order valence-electron chi connectivity index (χ1n) is 9.92. The van der Waals surface area contributed by atoms with Gasteiger partial charge in [0.05, 0.1) is 0 Å². The molecule has 0 amide bonds. The molecule has 4 N–H and O–H groups in total. The van der Waals surface area contributed by atoms with Crippen molar-refractivity contribution < 1.29 is 9.90 Å². The number of aliphatic imine (C=N–C) groups is 2. The fourth-order valence-corrected chi connectivity index (χ4v) is 2.39. The van der Waals surface area contributed by atoms with Crippen molar-refractivity contribution >= 4 is 17.9 Å². The van der Waals surface area contributed by atoms with Gasteiger partial charge in [-0.25, -0.2) is 0 Å². The zero-order chi connectivity index (χ0) is 19.8. The van der Waals surface area contributed by atoms with E-state index < -0.39 is 5.97 Å². The van der Waals surface area contributed by atoms with E-state index in [9.17, 15) is 0 Å². The molecule has 0 aliphatic carbocycles. The highest BCUT2D eigenvalue weighted by Crippen LogP contribution is 2.05. The summed E-state index contributed by atoms with van der Waals surface area (Å²) in [6, 6.07) is 0. The standard InChI is InChI=1S/C17H35N5.C2H4O2/c1-5-7-9-10-11-12-14-19-16-20-15(18-13-8-6-2)21-17(3,4)22-16;1-2(3)4/h5-14H2,1-4H3,(H3,18,19,20,21,22);1H3,(H,3,4). The van der Waals surface area contributed by atoms with Crippen molar-refractivity contribution in [3.8, 4) is 0 Å². The Morgan fingerprint density at radius 2 is 1.31 bits per heavy atom. The highest BCUT2D eigenvalue weighted by atomic mass is 16.4. The number of guanidine groups is 2. The molecular formula is C19H39N5O2. The van der Waals surface area contributed by atoms with E-state index in [-0.39, 0.29) is 5.66 Å². The maximum atomic E-state index is 9.00. The Bertz CT molecular complexity index is 443. The van der Waals surface area contributed by atoms with Crippen molar-refractivity contribution in [2.24, 2.45) is 9.98 Å². The van der Waals surface area contributed by atoms with Crippen molar-refractivity contribution in [2.75, 3.05) is 13.1 Å². The van der Waals surface area contributed by atoms with Crippen LogP contribution in [0.1, 0.15) is 86.0 Å². The second-order valence-electron chi connectivity index (χ2n) is 7.10. The van der Waals surface area contributed by atoms with Gasteiger partial charge >= 0.3 is 0 Å². The molecule has 1 rings (SSSR count). The summed E-state index contributed by atoms with van der Waals surface area (Å²) in [5.74, 6) is 0.839. The Morgan fingerprint density at radius 1 is 0.885 bits per heavy atom. The van der Waals surface area contributed by atoms with Gasteiger partial charge in [0.2, 0.25) is 0 Å². The lowest BCUT2D eigenvalue weighted by molar-refractivity contribution is -0.134. The van der Waals surface area contributed by atoms with Crippen molar-refractivity contribution in [1.82, 2.24) is 16.0 Å². The molecule has 7 nitrogen and oxygen atoms in total. The molecule has 0 aromatic heterocycles. The van der Waals surface area contributed by atoms with Crippen molar-refractivity contribution in [2.45, 2.75) is 91.6 Å². The smallest absolute Gasteiger partial charge is 0.300 e. The van der Waals surface area contributed by atoms with Gasteiger partial charge in [0.25, 0.3) is 5.97 Å². The Balaban J connectivity index is 0.00000141. The minimum atomic E-state index is -0.833. The molecule has 1 saturated heterocycles. The molecule has 0 bridgehead atoms. The topological polar surface area (TPSA) is 98.1 Å². The molecule has 0 aromatic carbocycles. The third kappa shape index (κ3) is 14.5. The third-order valence-electron chi connectivity index (χ3n) is 3.66. The van der Waals surface area contributed by atoms with Gasteiger partial charge in [-0.2, -0.15) is 0 Å². The van der Waals surface area contributed by atoms with Gasteiger partial charge in [-0.15, -0.1) is 0 Å². The van der Waals surface area contributed by atoms with Crippen LogP contribution in [0, 0.1) is 0 Å². The monoisotopic (exact) mass is 369 g/mol. The quantitative estimate of drug-likeness (QED) is 0.442. The summed E-state index contributed by atoms with van der Waals surface area (Å²) < 4.78 is 0. The van der Waals surface area contributed by atoms with Crippen LogP contribution in [-0.4, -0.2) is 41.7 Å². The largest absolute Gasteiger partial charge is 0.481 e. The van der Waals surface area contributed by atoms with Gasteiger partial charge in [0.15, 0.2) is 11.9 Å². The van der Waals surface area contributed by atoms with E-state index in [1.807, 2.05) is 0 Å². The van der Waals surface area contributed by atoms with Crippen molar-refractivity contribution in [3.63, 3.8) is 0 Å². The molecule has 0 radical (unpaired) electrons. The van der Waals surface area contributed by atoms with Crippen LogP contribution in [0.4, 0.5) is 0 Å². The number of hydrogen-bond acceptors (Lipinski definition) is 3. The molecule has 1 heterocycles. The number of nitrogens with one attached hydrogen (secondary N) is 3. The van der Waals surface area contributed by atoms with Gasteiger partial charge < -0.3 is 15.7 Å². The molecule has 0 saturated carbocycles. The van der Waals surface area contributed by atoms with Crippen LogP contribution in [0.25, 0.3) is 0 Å². The second kappa shape index (κ2) is 14.4. The lowest BCUT2D eigenvalue weighted by Gasteiger charge is -2.36. The predicted octanol–water partition coefficient (Wildman–Crippen LogP) is 3.47. The Morgan fingerprint density at radius 3 is 1.81 bits per heavy atom. The average Bonchev–Trinajstić information content (AvgIpc) is 2.52. The Hall–Kier alpha value is -1.79. The average molecular weight is 370 g/mol. The SMILES string of the molecule is CC(=O)O.CCCCCCCCN=C1NC(=NCCCC)NC(C)(C)N1. The molecule has 26 heavy (non-hydrogen) atoms. The van der Waals surface area contributed by atoms with E-state index in [0.29, 0.717) is 0 Å². The minimum absolute atomic E-state index is 0.212. The number of aliphatic carboxylic acids is 1. The number of carboxylic acids is 1. The fraction of sp³-hybridized carbons (Fsp3) is 0.842. The molecule has 1 aliphatic rings. The minimum Gasteiger partial charge on any atom is -0.481 e. The molecular weight excluding hydrogens is 330 g/mol. The molecule has 0 aromatic rings. The summed E-state index contributed by atoms with van der Waals surface area (Å²) in [6.45, 7) is 11.4.